The average Bonchev–Trinajstić information content (AvgIpc) is 2.57. The van der Waals surface area contributed by atoms with E-state index in [-0.39, 0.29) is 23.3 Å². The Labute approximate surface area is 162 Å². The molecule has 6 nitrogen and oxygen atoms in total. The molecule has 1 N–H and O–H groups in total. The van der Waals surface area contributed by atoms with E-state index in [1.54, 1.807) is 22.8 Å². The van der Waals surface area contributed by atoms with Crippen LogP contribution in [-0.2, 0) is 16.1 Å². The average molecular weight is 398 g/mol. The van der Waals surface area contributed by atoms with Crippen molar-refractivity contribution in [2.75, 3.05) is 19.0 Å². The van der Waals surface area contributed by atoms with Gasteiger partial charge in [0.25, 0.3) is 5.56 Å². The van der Waals surface area contributed by atoms with Crippen LogP contribution in [0.2, 0.25) is 5.02 Å². The van der Waals surface area contributed by atoms with Crippen molar-refractivity contribution >= 4 is 40.2 Å². The Kier molecular flexibility index (Phi) is 7.93. The molecule has 0 saturated heterocycles. The second-order valence-electron chi connectivity index (χ2n) is 6.07. The van der Waals surface area contributed by atoms with Gasteiger partial charge >= 0.3 is 0 Å². The van der Waals surface area contributed by atoms with Gasteiger partial charge in [0.1, 0.15) is 0 Å². The van der Waals surface area contributed by atoms with Gasteiger partial charge in [-0.1, -0.05) is 23.4 Å². The largest absolute Gasteiger partial charge is 0.382 e. The van der Waals surface area contributed by atoms with Crippen molar-refractivity contribution in [1.82, 2.24) is 14.9 Å². The maximum absolute atomic E-state index is 12.9. The molecule has 142 valence electrons. The number of thioether (sulfide) groups is 1. The molecule has 0 saturated carbocycles. The number of carbonyl (C=O) groups is 1. The van der Waals surface area contributed by atoms with Crippen molar-refractivity contribution in [1.29, 1.82) is 0 Å². The Hall–Kier alpha value is -1.57. The zero-order chi connectivity index (χ0) is 19.1. The van der Waals surface area contributed by atoms with Crippen molar-refractivity contribution in [3.63, 3.8) is 0 Å². The number of rotatable bonds is 9. The van der Waals surface area contributed by atoms with Crippen molar-refractivity contribution in [2.45, 2.75) is 44.9 Å². The molecule has 0 aliphatic heterocycles. The van der Waals surface area contributed by atoms with Crippen LogP contribution in [0.1, 0.15) is 27.2 Å². The van der Waals surface area contributed by atoms with Crippen LogP contribution in [0.4, 0.5) is 0 Å². The van der Waals surface area contributed by atoms with E-state index >= 15 is 0 Å². The molecule has 2 aromatic rings. The lowest BCUT2D eigenvalue weighted by Gasteiger charge is -2.14. The van der Waals surface area contributed by atoms with Gasteiger partial charge in [-0.25, -0.2) is 4.98 Å². The summed E-state index contributed by atoms with van der Waals surface area (Å²) in [5, 5.41) is 4.39. The first-order valence-electron chi connectivity index (χ1n) is 8.62. The van der Waals surface area contributed by atoms with Crippen LogP contribution in [0, 0.1) is 0 Å². The van der Waals surface area contributed by atoms with Crippen molar-refractivity contribution < 1.29 is 9.53 Å². The van der Waals surface area contributed by atoms with Crippen LogP contribution in [-0.4, -0.2) is 40.5 Å². The number of aromatic nitrogens is 2. The molecular formula is C18H24ClN3O3S. The van der Waals surface area contributed by atoms with Crippen LogP contribution >= 0.6 is 23.4 Å². The van der Waals surface area contributed by atoms with Crippen molar-refractivity contribution in [3.05, 3.63) is 33.6 Å². The molecule has 0 aliphatic rings. The van der Waals surface area contributed by atoms with E-state index in [0.29, 0.717) is 47.3 Å². The monoisotopic (exact) mass is 397 g/mol. The third-order valence-corrected chi connectivity index (χ3v) is 4.75. The summed E-state index contributed by atoms with van der Waals surface area (Å²) >= 11 is 7.28. The number of hydrogen-bond acceptors (Lipinski definition) is 5. The zero-order valence-corrected chi connectivity index (χ0v) is 16.8. The molecule has 1 aromatic heterocycles. The van der Waals surface area contributed by atoms with Gasteiger partial charge < -0.3 is 10.1 Å². The van der Waals surface area contributed by atoms with Gasteiger partial charge in [0.2, 0.25) is 5.91 Å². The smallest absolute Gasteiger partial charge is 0.262 e. The standard InChI is InChI=1S/C18H24ClN3O3S/c1-4-25-9-5-8-22-17(24)14-7-6-13(19)10-15(14)21-18(22)26-11-16(23)20-12(2)3/h6-7,10,12H,4-5,8-9,11H2,1-3H3,(H,20,23). The van der Waals surface area contributed by atoms with E-state index in [4.69, 9.17) is 16.3 Å². The second kappa shape index (κ2) is 9.94. The van der Waals surface area contributed by atoms with Crippen LogP contribution < -0.4 is 10.9 Å². The summed E-state index contributed by atoms with van der Waals surface area (Å²) in [5.41, 5.74) is 0.408. The SMILES string of the molecule is CCOCCCn1c(SCC(=O)NC(C)C)nc2cc(Cl)ccc2c1=O. The van der Waals surface area contributed by atoms with E-state index in [0.717, 1.165) is 0 Å². The Morgan fingerprint density at radius 1 is 1.42 bits per heavy atom. The summed E-state index contributed by atoms with van der Waals surface area (Å²) in [6, 6.07) is 5.10. The maximum Gasteiger partial charge on any atom is 0.262 e. The minimum atomic E-state index is -0.130. The van der Waals surface area contributed by atoms with Gasteiger partial charge in [-0.3, -0.25) is 14.2 Å². The highest BCUT2D eigenvalue weighted by Gasteiger charge is 2.14. The molecule has 0 atom stereocenters. The lowest BCUT2D eigenvalue weighted by Crippen LogP contribution is -2.32. The predicted molar refractivity (Wildman–Crippen MR) is 106 cm³/mol. The number of carbonyl (C=O) groups excluding carboxylic acids is 1. The van der Waals surface area contributed by atoms with E-state index in [9.17, 15) is 9.59 Å². The summed E-state index contributed by atoms with van der Waals surface area (Å²) in [6.07, 6.45) is 0.695. The molecule has 1 amide bonds. The fraction of sp³-hybridized carbons (Fsp3) is 0.500. The third kappa shape index (κ3) is 5.72. The predicted octanol–water partition coefficient (Wildman–Crippen LogP) is 3.09. The maximum atomic E-state index is 12.9. The number of nitrogens with one attached hydrogen (secondary N) is 1. The molecule has 1 heterocycles. The van der Waals surface area contributed by atoms with Crippen LogP contribution in [0.5, 0.6) is 0 Å². The van der Waals surface area contributed by atoms with Crippen molar-refractivity contribution in [3.8, 4) is 0 Å². The van der Waals surface area contributed by atoms with E-state index in [1.807, 2.05) is 20.8 Å². The number of amides is 1. The van der Waals surface area contributed by atoms with Gasteiger partial charge in [0, 0.05) is 30.8 Å². The summed E-state index contributed by atoms with van der Waals surface area (Å²) in [4.78, 5) is 29.4. The Morgan fingerprint density at radius 3 is 2.88 bits per heavy atom. The van der Waals surface area contributed by atoms with E-state index in [2.05, 4.69) is 10.3 Å². The lowest BCUT2D eigenvalue weighted by molar-refractivity contribution is -0.119. The number of fused-ring (bicyclic) bond motifs is 1. The fourth-order valence-electron chi connectivity index (χ4n) is 2.44. The molecule has 8 heteroatoms. The number of benzene rings is 1. The molecule has 0 aliphatic carbocycles. The lowest BCUT2D eigenvalue weighted by atomic mass is 10.2. The summed E-state index contributed by atoms with van der Waals surface area (Å²) in [7, 11) is 0. The molecule has 0 unspecified atom stereocenters. The fourth-order valence-corrected chi connectivity index (χ4v) is 3.45. The van der Waals surface area contributed by atoms with Crippen LogP contribution in [0.15, 0.2) is 28.2 Å². The Morgan fingerprint density at radius 2 is 2.19 bits per heavy atom. The van der Waals surface area contributed by atoms with Gasteiger partial charge in [-0.05, 0) is 45.4 Å². The normalized spacial score (nSPS) is 11.3. The van der Waals surface area contributed by atoms with Gasteiger partial charge in [-0.15, -0.1) is 0 Å². The first-order valence-corrected chi connectivity index (χ1v) is 9.98. The highest BCUT2D eigenvalue weighted by Crippen LogP contribution is 2.20. The summed E-state index contributed by atoms with van der Waals surface area (Å²) in [6.45, 7) is 7.44. The molecular weight excluding hydrogens is 374 g/mol. The Bertz CT molecular complexity index is 823. The molecule has 0 radical (unpaired) electrons. The quantitative estimate of drug-likeness (QED) is 0.400. The van der Waals surface area contributed by atoms with Gasteiger partial charge in [0.15, 0.2) is 5.16 Å². The molecule has 0 bridgehead atoms. The number of hydrogen-bond donors (Lipinski definition) is 1. The first-order chi connectivity index (χ1) is 12.4. The number of nitrogens with zero attached hydrogens (tertiary/aromatic N) is 2. The number of halogens is 1. The minimum absolute atomic E-state index is 0.0693. The highest BCUT2D eigenvalue weighted by molar-refractivity contribution is 7.99. The molecule has 0 spiro atoms. The third-order valence-electron chi connectivity index (χ3n) is 3.54. The number of ether oxygens (including phenoxy) is 1. The van der Waals surface area contributed by atoms with E-state index < -0.39 is 0 Å². The summed E-state index contributed by atoms with van der Waals surface area (Å²) < 4.78 is 6.97. The van der Waals surface area contributed by atoms with Gasteiger partial charge in [-0.2, -0.15) is 0 Å². The van der Waals surface area contributed by atoms with E-state index in [1.165, 1.54) is 11.8 Å². The first kappa shape index (κ1) is 20.7. The summed E-state index contributed by atoms with van der Waals surface area (Å²) in [5.74, 6) is 0.105. The Balaban J connectivity index is 2.30. The molecule has 1 aromatic carbocycles. The molecule has 26 heavy (non-hydrogen) atoms. The highest BCUT2D eigenvalue weighted by atomic mass is 35.5. The molecule has 0 fully saturated rings. The molecule has 2 rings (SSSR count). The minimum Gasteiger partial charge on any atom is -0.382 e. The zero-order valence-electron chi connectivity index (χ0n) is 15.3. The van der Waals surface area contributed by atoms with Crippen LogP contribution in [0.25, 0.3) is 10.9 Å². The second-order valence-corrected chi connectivity index (χ2v) is 7.45. The van der Waals surface area contributed by atoms with Crippen LogP contribution in [0.3, 0.4) is 0 Å². The van der Waals surface area contributed by atoms with Gasteiger partial charge in [0.05, 0.1) is 16.7 Å². The van der Waals surface area contributed by atoms with Crippen molar-refractivity contribution in [2.24, 2.45) is 0 Å². The topological polar surface area (TPSA) is 73.2 Å².